The predicted octanol–water partition coefficient (Wildman–Crippen LogP) is 3.62. The monoisotopic (exact) mass is 431 g/mol. The molecule has 1 atom stereocenters. The molecule has 1 fully saturated rings. The first-order chi connectivity index (χ1) is 13.9. The molecule has 6 nitrogen and oxygen atoms in total. The van der Waals surface area contributed by atoms with Gasteiger partial charge in [-0.15, -0.1) is 0 Å². The quantitative estimate of drug-likeness (QED) is 0.740. The van der Waals surface area contributed by atoms with Gasteiger partial charge < -0.3 is 14.5 Å². The number of ether oxygens (including phenoxy) is 1. The number of piperazine rings is 1. The number of amides is 2. The average molecular weight is 432 g/mol. The van der Waals surface area contributed by atoms with E-state index in [0.29, 0.717) is 53.1 Å². The largest absolute Gasteiger partial charge is 0.481 e. The van der Waals surface area contributed by atoms with Gasteiger partial charge in [-0.3, -0.25) is 9.59 Å². The van der Waals surface area contributed by atoms with E-state index in [1.165, 1.54) is 6.07 Å². The summed E-state index contributed by atoms with van der Waals surface area (Å²) < 4.78 is 5.69. The zero-order chi connectivity index (χ0) is 21.0. The van der Waals surface area contributed by atoms with Gasteiger partial charge in [0.2, 0.25) is 0 Å². The zero-order valence-electron chi connectivity index (χ0n) is 15.8. The Morgan fingerprint density at radius 1 is 1.03 bits per heavy atom. The smallest absolute Gasteiger partial charge is 0.263 e. The van der Waals surface area contributed by atoms with Crippen LogP contribution in [0.15, 0.2) is 42.5 Å². The van der Waals surface area contributed by atoms with Crippen LogP contribution in [-0.4, -0.2) is 53.9 Å². The Balaban J connectivity index is 1.55. The molecule has 29 heavy (non-hydrogen) atoms. The third-order valence-corrected chi connectivity index (χ3v) is 5.23. The van der Waals surface area contributed by atoms with Crippen LogP contribution >= 0.6 is 23.2 Å². The number of hydrogen-bond acceptors (Lipinski definition) is 4. The standard InChI is InChI=1S/C21H19Cl2N3O3/c1-14(29-17-5-2-15(13-24)3-6-17)20(27)25-8-10-26(11-9-25)21(28)18-7-4-16(22)12-19(18)23/h2-7,12,14H,8-11H2,1H3. The number of nitriles is 1. The molecular formula is C21H19Cl2N3O3. The number of carbonyl (C=O) groups is 2. The molecule has 150 valence electrons. The molecule has 2 aromatic rings. The van der Waals surface area contributed by atoms with E-state index in [9.17, 15) is 9.59 Å². The van der Waals surface area contributed by atoms with Crippen molar-refractivity contribution in [2.24, 2.45) is 0 Å². The third kappa shape index (κ3) is 5.00. The molecule has 3 rings (SSSR count). The summed E-state index contributed by atoms with van der Waals surface area (Å²) in [6.07, 6.45) is -0.670. The number of hydrogen-bond donors (Lipinski definition) is 0. The molecule has 1 aliphatic heterocycles. The lowest BCUT2D eigenvalue weighted by atomic mass is 10.1. The molecule has 0 spiro atoms. The summed E-state index contributed by atoms with van der Waals surface area (Å²) in [4.78, 5) is 28.7. The maximum Gasteiger partial charge on any atom is 0.263 e. The highest BCUT2D eigenvalue weighted by Crippen LogP contribution is 2.23. The lowest BCUT2D eigenvalue weighted by molar-refractivity contribution is -0.139. The van der Waals surface area contributed by atoms with E-state index in [1.807, 2.05) is 6.07 Å². The molecule has 0 aliphatic carbocycles. The van der Waals surface area contributed by atoms with Gasteiger partial charge in [-0.1, -0.05) is 23.2 Å². The fourth-order valence-corrected chi connectivity index (χ4v) is 3.57. The summed E-state index contributed by atoms with van der Waals surface area (Å²) >= 11 is 12.0. The van der Waals surface area contributed by atoms with Crippen LogP contribution in [-0.2, 0) is 4.79 Å². The molecule has 0 N–H and O–H groups in total. The van der Waals surface area contributed by atoms with Gasteiger partial charge in [-0.2, -0.15) is 5.26 Å². The molecule has 1 heterocycles. The highest BCUT2D eigenvalue weighted by molar-refractivity contribution is 6.36. The van der Waals surface area contributed by atoms with Crippen LogP contribution in [0.3, 0.4) is 0 Å². The Bertz CT molecular complexity index is 949. The van der Waals surface area contributed by atoms with E-state index >= 15 is 0 Å². The van der Waals surface area contributed by atoms with Crippen LogP contribution < -0.4 is 4.74 Å². The third-order valence-electron chi connectivity index (χ3n) is 4.68. The second kappa shape index (κ2) is 9.17. The van der Waals surface area contributed by atoms with Crippen LogP contribution in [0.5, 0.6) is 5.75 Å². The lowest BCUT2D eigenvalue weighted by Gasteiger charge is -2.36. The predicted molar refractivity (Wildman–Crippen MR) is 110 cm³/mol. The highest BCUT2D eigenvalue weighted by atomic mass is 35.5. The SMILES string of the molecule is CC(Oc1ccc(C#N)cc1)C(=O)N1CCN(C(=O)c2ccc(Cl)cc2Cl)CC1. The van der Waals surface area contributed by atoms with Gasteiger partial charge >= 0.3 is 0 Å². The first-order valence-corrected chi connectivity index (χ1v) is 9.84. The normalized spacial score (nSPS) is 14.8. The number of carbonyl (C=O) groups excluding carboxylic acids is 2. The number of halogens is 2. The fraction of sp³-hybridized carbons (Fsp3) is 0.286. The Kier molecular flexibility index (Phi) is 6.63. The van der Waals surface area contributed by atoms with Crippen molar-refractivity contribution >= 4 is 35.0 Å². The van der Waals surface area contributed by atoms with E-state index < -0.39 is 6.10 Å². The summed E-state index contributed by atoms with van der Waals surface area (Å²) in [5.41, 5.74) is 0.922. The van der Waals surface area contributed by atoms with Crippen LogP contribution in [0.25, 0.3) is 0 Å². The van der Waals surface area contributed by atoms with Crippen molar-refractivity contribution in [2.45, 2.75) is 13.0 Å². The van der Waals surface area contributed by atoms with E-state index in [4.69, 9.17) is 33.2 Å². The molecule has 0 radical (unpaired) electrons. The van der Waals surface area contributed by atoms with E-state index in [2.05, 4.69) is 0 Å². The van der Waals surface area contributed by atoms with Crippen molar-refractivity contribution in [3.05, 3.63) is 63.6 Å². The van der Waals surface area contributed by atoms with Crippen LogP contribution in [0.4, 0.5) is 0 Å². The highest BCUT2D eigenvalue weighted by Gasteiger charge is 2.29. The minimum atomic E-state index is -0.670. The summed E-state index contributed by atoms with van der Waals surface area (Å²) in [5, 5.41) is 9.62. The van der Waals surface area contributed by atoms with Crippen molar-refractivity contribution < 1.29 is 14.3 Å². The van der Waals surface area contributed by atoms with Crippen LogP contribution in [0, 0.1) is 11.3 Å². The summed E-state index contributed by atoms with van der Waals surface area (Å²) in [7, 11) is 0. The maximum atomic E-state index is 12.7. The fourth-order valence-electron chi connectivity index (χ4n) is 3.08. The van der Waals surface area contributed by atoms with Gasteiger partial charge in [0.05, 0.1) is 22.2 Å². The molecular weight excluding hydrogens is 413 g/mol. The first-order valence-electron chi connectivity index (χ1n) is 9.09. The Morgan fingerprint density at radius 2 is 1.66 bits per heavy atom. The van der Waals surface area contributed by atoms with Gasteiger partial charge in [0, 0.05) is 31.2 Å². The molecule has 1 saturated heterocycles. The molecule has 0 saturated carbocycles. The topological polar surface area (TPSA) is 73.6 Å². The summed E-state index contributed by atoms with van der Waals surface area (Å²) in [5.74, 6) is 0.197. The van der Waals surface area contributed by atoms with Gasteiger partial charge in [0.1, 0.15) is 5.75 Å². The van der Waals surface area contributed by atoms with Crippen molar-refractivity contribution in [2.75, 3.05) is 26.2 Å². The maximum absolute atomic E-state index is 12.7. The average Bonchev–Trinajstić information content (AvgIpc) is 2.73. The van der Waals surface area contributed by atoms with Gasteiger partial charge in [0.25, 0.3) is 11.8 Å². The Hall–Kier alpha value is -2.75. The summed E-state index contributed by atoms with van der Waals surface area (Å²) in [6.45, 7) is 3.33. The van der Waals surface area contributed by atoms with Crippen molar-refractivity contribution in [1.29, 1.82) is 5.26 Å². The number of nitrogens with zero attached hydrogens (tertiary/aromatic N) is 3. The number of benzene rings is 2. The van der Waals surface area contributed by atoms with Crippen molar-refractivity contribution in [3.8, 4) is 11.8 Å². The van der Waals surface area contributed by atoms with Gasteiger partial charge in [-0.25, -0.2) is 0 Å². The molecule has 1 unspecified atom stereocenters. The van der Waals surface area contributed by atoms with E-state index in [-0.39, 0.29) is 11.8 Å². The Labute approximate surface area is 179 Å². The Morgan fingerprint density at radius 3 is 2.24 bits per heavy atom. The molecule has 2 amide bonds. The van der Waals surface area contributed by atoms with Crippen LogP contribution in [0.2, 0.25) is 10.0 Å². The second-order valence-electron chi connectivity index (χ2n) is 6.64. The van der Waals surface area contributed by atoms with Gasteiger partial charge in [-0.05, 0) is 49.4 Å². The minimum absolute atomic E-state index is 0.147. The van der Waals surface area contributed by atoms with E-state index in [1.54, 1.807) is 53.1 Å². The first kappa shape index (κ1) is 21.0. The second-order valence-corrected chi connectivity index (χ2v) is 7.48. The lowest BCUT2D eigenvalue weighted by Crippen LogP contribution is -2.53. The summed E-state index contributed by atoms with van der Waals surface area (Å²) in [6, 6.07) is 13.4. The minimum Gasteiger partial charge on any atom is -0.481 e. The van der Waals surface area contributed by atoms with Crippen molar-refractivity contribution in [1.82, 2.24) is 9.80 Å². The molecule has 0 aromatic heterocycles. The van der Waals surface area contributed by atoms with E-state index in [0.717, 1.165) is 0 Å². The van der Waals surface area contributed by atoms with Gasteiger partial charge in [0.15, 0.2) is 6.10 Å². The molecule has 0 bridgehead atoms. The molecule has 2 aromatic carbocycles. The zero-order valence-corrected chi connectivity index (χ0v) is 17.3. The number of rotatable bonds is 4. The molecule has 8 heteroatoms. The van der Waals surface area contributed by atoms with Crippen LogP contribution in [0.1, 0.15) is 22.8 Å². The van der Waals surface area contributed by atoms with Crippen molar-refractivity contribution in [3.63, 3.8) is 0 Å². The molecule has 1 aliphatic rings.